The lowest BCUT2D eigenvalue weighted by Crippen LogP contribution is -2.36. The highest BCUT2D eigenvalue weighted by molar-refractivity contribution is 7.09. The number of hydrogen-bond acceptors (Lipinski definition) is 5. The third-order valence-corrected chi connectivity index (χ3v) is 7.40. The standard InChI is InChI=1S/C23H27N5OS/c1-15-20(30-14-24-15)13-27-17-9-10-18(27)12-28-19(11-17)21(23(29)26(2)3)25-22(28)16-7-5-4-6-8-16/h4-8,14,17-18H,9-13H2,1-3H3/t17-,18+/m0/s1. The second-order valence-electron chi connectivity index (χ2n) is 8.53. The van der Waals surface area contributed by atoms with Gasteiger partial charge in [0.05, 0.1) is 16.9 Å². The van der Waals surface area contributed by atoms with Gasteiger partial charge in [-0.25, -0.2) is 9.97 Å². The average Bonchev–Trinajstić information content (AvgIpc) is 3.38. The normalized spacial score (nSPS) is 20.8. The Hall–Kier alpha value is -2.51. The van der Waals surface area contributed by atoms with E-state index in [0.717, 1.165) is 42.3 Å². The second-order valence-corrected chi connectivity index (χ2v) is 9.47. The number of thiazole rings is 1. The minimum absolute atomic E-state index is 0.0106. The number of rotatable bonds is 4. The molecule has 3 aromatic rings. The molecule has 5 rings (SSSR count). The van der Waals surface area contributed by atoms with Crippen molar-refractivity contribution in [2.45, 2.75) is 51.4 Å². The maximum atomic E-state index is 13.0. The second kappa shape index (κ2) is 7.63. The Balaban J connectivity index is 1.57. The topological polar surface area (TPSA) is 54.3 Å². The number of aromatic nitrogens is 3. The molecule has 1 amide bonds. The Morgan fingerprint density at radius 1 is 1.20 bits per heavy atom. The Kier molecular flexibility index (Phi) is 4.95. The molecule has 156 valence electrons. The predicted molar refractivity (Wildman–Crippen MR) is 119 cm³/mol. The van der Waals surface area contributed by atoms with Gasteiger partial charge in [-0.2, -0.15) is 0 Å². The zero-order chi connectivity index (χ0) is 20.8. The van der Waals surface area contributed by atoms with E-state index >= 15 is 0 Å². The lowest BCUT2D eigenvalue weighted by atomic mass is 10.0. The molecule has 0 spiro atoms. The molecule has 0 N–H and O–H groups in total. The van der Waals surface area contributed by atoms with Crippen molar-refractivity contribution in [1.82, 2.24) is 24.3 Å². The molecule has 6 nitrogen and oxygen atoms in total. The van der Waals surface area contributed by atoms with Gasteiger partial charge in [0, 0.05) is 56.1 Å². The molecule has 0 aliphatic carbocycles. The van der Waals surface area contributed by atoms with Crippen LogP contribution in [0.15, 0.2) is 35.8 Å². The molecule has 2 aromatic heterocycles. The maximum Gasteiger partial charge on any atom is 0.273 e. The van der Waals surface area contributed by atoms with Gasteiger partial charge >= 0.3 is 0 Å². The van der Waals surface area contributed by atoms with Crippen LogP contribution in [0.5, 0.6) is 0 Å². The zero-order valence-electron chi connectivity index (χ0n) is 17.7. The summed E-state index contributed by atoms with van der Waals surface area (Å²) in [5.41, 5.74) is 5.85. The summed E-state index contributed by atoms with van der Waals surface area (Å²) in [6.45, 7) is 3.92. The zero-order valence-corrected chi connectivity index (χ0v) is 18.5. The summed E-state index contributed by atoms with van der Waals surface area (Å²) in [6, 6.07) is 11.1. The van der Waals surface area contributed by atoms with Crippen molar-refractivity contribution in [3.8, 4) is 11.4 Å². The SMILES string of the molecule is Cc1ncsc1CN1[C@@H]2CC[C@H]1Cc1c(C(=O)N(C)C)nc(-c3ccccc3)n1C2. The van der Waals surface area contributed by atoms with Crippen molar-refractivity contribution in [3.05, 3.63) is 57.8 Å². The lowest BCUT2D eigenvalue weighted by Gasteiger charge is -2.27. The fraction of sp³-hybridized carbons (Fsp3) is 0.435. The first kappa shape index (κ1) is 19.5. The summed E-state index contributed by atoms with van der Waals surface area (Å²) in [7, 11) is 3.61. The predicted octanol–water partition coefficient (Wildman–Crippen LogP) is 3.61. The van der Waals surface area contributed by atoms with Gasteiger partial charge in [-0.05, 0) is 19.8 Å². The molecular weight excluding hydrogens is 394 g/mol. The molecule has 2 aliphatic heterocycles. The minimum atomic E-state index is -0.0106. The van der Waals surface area contributed by atoms with Crippen molar-refractivity contribution in [2.75, 3.05) is 14.1 Å². The summed E-state index contributed by atoms with van der Waals surface area (Å²) in [5, 5.41) is 0. The highest BCUT2D eigenvalue weighted by atomic mass is 32.1. The first-order chi connectivity index (χ1) is 14.5. The van der Waals surface area contributed by atoms with Crippen LogP contribution in [-0.2, 0) is 19.5 Å². The molecule has 2 bridgehead atoms. The molecule has 0 radical (unpaired) electrons. The van der Waals surface area contributed by atoms with Crippen molar-refractivity contribution < 1.29 is 4.79 Å². The van der Waals surface area contributed by atoms with Gasteiger partial charge in [0.2, 0.25) is 0 Å². The molecule has 4 heterocycles. The first-order valence-electron chi connectivity index (χ1n) is 10.5. The van der Waals surface area contributed by atoms with Gasteiger partial charge in [-0.3, -0.25) is 9.69 Å². The number of hydrogen-bond donors (Lipinski definition) is 0. The van der Waals surface area contributed by atoms with E-state index < -0.39 is 0 Å². The van der Waals surface area contributed by atoms with E-state index in [-0.39, 0.29) is 5.91 Å². The van der Waals surface area contributed by atoms with Crippen LogP contribution >= 0.6 is 11.3 Å². The number of amides is 1. The van der Waals surface area contributed by atoms with Crippen LogP contribution in [0.25, 0.3) is 11.4 Å². The van der Waals surface area contributed by atoms with E-state index in [1.165, 1.54) is 17.7 Å². The van der Waals surface area contributed by atoms with Gasteiger partial charge in [-0.1, -0.05) is 30.3 Å². The number of nitrogens with zero attached hydrogens (tertiary/aromatic N) is 5. The van der Waals surface area contributed by atoms with Crippen LogP contribution in [0, 0.1) is 6.92 Å². The highest BCUT2D eigenvalue weighted by Gasteiger charge is 2.40. The van der Waals surface area contributed by atoms with Gasteiger partial charge in [0.15, 0.2) is 0 Å². The van der Waals surface area contributed by atoms with Crippen molar-refractivity contribution in [3.63, 3.8) is 0 Å². The maximum absolute atomic E-state index is 13.0. The van der Waals surface area contributed by atoms with Gasteiger partial charge < -0.3 is 9.47 Å². The van der Waals surface area contributed by atoms with Crippen LogP contribution in [0.3, 0.4) is 0 Å². The number of carbonyl (C=O) groups is 1. The Labute approximate surface area is 181 Å². The van der Waals surface area contributed by atoms with Crippen LogP contribution in [-0.4, -0.2) is 56.4 Å². The van der Waals surface area contributed by atoms with Crippen LogP contribution in [0.2, 0.25) is 0 Å². The number of fused-ring (bicyclic) bond motifs is 3. The lowest BCUT2D eigenvalue weighted by molar-refractivity contribution is 0.0821. The summed E-state index contributed by atoms with van der Waals surface area (Å²) in [4.78, 5) is 28.0. The fourth-order valence-electron chi connectivity index (χ4n) is 4.85. The van der Waals surface area contributed by atoms with Gasteiger partial charge in [0.25, 0.3) is 5.91 Å². The quantitative estimate of drug-likeness (QED) is 0.646. The first-order valence-corrected chi connectivity index (χ1v) is 11.4. The smallest absolute Gasteiger partial charge is 0.273 e. The highest BCUT2D eigenvalue weighted by Crippen LogP contribution is 2.37. The van der Waals surface area contributed by atoms with E-state index in [1.807, 2.05) is 23.7 Å². The average molecular weight is 422 g/mol. The fourth-order valence-corrected chi connectivity index (χ4v) is 5.63. The number of aryl methyl sites for hydroxylation is 1. The monoisotopic (exact) mass is 421 g/mol. The van der Waals surface area contributed by atoms with E-state index in [1.54, 1.807) is 30.3 Å². The van der Waals surface area contributed by atoms with E-state index in [2.05, 4.69) is 33.5 Å². The van der Waals surface area contributed by atoms with Crippen LogP contribution in [0.1, 0.15) is 39.6 Å². The Morgan fingerprint density at radius 2 is 1.97 bits per heavy atom. The molecule has 1 fully saturated rings. The molecule has 2 atom stereocenters. The summed E-state index contributed by atoms with van der Waals surface area (Å²) >= 11 is 1.75. The largest absolute Gasteiger partial charge is 0.343 e. The molecule has 0 unspecified atom stereocenters. The molecule has 1 aromatic carbocycles. The number of imidazole rings is 1. The van der Waals surface area contributed by atoms with Crippen molar-refractivity contribution >= 4 is 17.2 Å². The number of carbonyl (C=O) groups excluding carboxylic acids is 1. The van der Waals surface area contributed by atoms with E-state index in [4.69, 9.17) is 4.98 Å². The molecule has 30 heavy (non-hydrogen) atoms. The van der Waals surface area contributed by atoms with E-state index in [0.29, 0.717) is 17.8 Å². The van der Waals surface area contributed by atoms with Gasteiger partial charge in [-0.15, -0.1) is 11.3 Å². The van der Waals surface area contributed by atoms with Gasteiger partial charge in [0.1, 0.15) is 11.5 Å². The minimum Gasteiger partial charge on any atom is -0.343 e. The van der Waals surface area contributed by atoms with Crippen LogP contribution in [0.4, 0.5) is 0 Å². The van der Waals surface area contributed by atoms with E-state index in [9.17, 15) is 4.79 Å². The summed E-state index contributed by atoms with van der Waals surface area (Å²) in [5.74, 6) is 0.904. The van der Waals surface area contributed by atoms with Crippen molar-refractivity contribution in [1.29, 1.82) is 0 Å². The van der Waals surface area contributed by atoms with Crippen LogP contribution < -0.4 is 0 Å². The molecule has 0 saturated carbocycles. The molecule has 7 heteroatoms. The summed E-state index contributed by atoms with van der Waals surface area (Å²) in [6.07, 6.45) is 3.22. The summed E-state index contributed by atoms with van der Waals surface area (Å²) < 4.78 is 2.32. The number of benzene rings is 1. The van der Waals surface area contributed by atoms with Crippen molar-refractivity contribution in [2.24, 2.45) is 0 Å². The third-order valence-electron chi connectivity index (χ3n) is 6.48. The Morgan fingerprint density at radius 3 is 2.67 bits per heavy atom. The molecular formula is C23H27N5OS. The third kappa shape index (κ3) is 3.26. The molecule has 2 aliphatic rings. The molecule has 1 saturated heterocycles. The Bertz CT molecular complexity index is 1070.